The van der Waals surface area contributed by atoms with E-state index in [1.807, 2.05) is 24.3 Å². The number of carbonyl (C=O) groups is 1. The molecule has 1 unspecified atom stereocenters. The van der Waals surface area contributed by atoms with Gasteiger partial charge in [0.1, 0.15) is 11.5 Å². The second kappa shape index (κ2) is 5.09. The maximum Gasteiger partial charge on any atom is 0.312 e. The Morgan fingerprint density at radius 2 is 1.90 bits per heavy atom. The van der Waals surface area contributed by atoms with E-state index in [0.29, 0.717) is 11.5 Å². The molecule has 0 fully saturated rings. The molecule has 5 heteroatoms. The first-order valence-electron chi connectivity index (χ1n) is 6.57. The lowest BCUT2D eigenvalue weighted by Crippen LogP contribution is -2.25. The summed E-state index contributed by atoms with van der Waals surface area (Å²) in [6, 6.07) is 8.65. The fourth-order valence-corrected chi connectivity index (χ4v) is 2.47. The summed E-state index contributed by atoms with van der Waals surface area (Å²) in [5.41, 5.74) is 0.544. The molecule has 0 amide bonds. The Kier molecular flexibility index (Phi) is 3.25. The minimum Gasteiger partial charge on any atom is -0.497 e. The average Bonchev–Trinajstić information content (AvgIpc) is 2.47. The van der Waals surface area contributed by atoms with Crippen LogP contribution in [0.15, 0.2) is 39.5 Å². The van der Waals surface area contributed by atoms with E-state index in [0.717, 1.165) is 11.3 Å². The minimum absolute atomic E-state index is 0.00216. The van der Waals surface area contributed by atoms with Gasteiger partial charge in [-0.1, -0.05) is 12.1 Å². The van der Waals surface area contributed by atoms with Gasteiger partial charge in [-0.05, 0) is 24.6 Å². The van der Waals surface area contributed by atoms with Gasteiger partial charge in [-0.3, -0.25) is 9.59 Å². The van der Waals surface area contributed by atoms with E-state index in [-0.39, 0.29) is 23.5 Å². The largest absolute Gasteiger partial charge is 0.497 e. The van der Waals surface area contributed by atoms with E-state index in [1.165, 1.54) is 6.07 Å². The monoisotopic (exact) mass is 286 g/mol. The first kappa shape index (κ1) is 13.4. The molecule has 1 aromatic carbocycles. The van der Waals surface area contributed by atoms with Gasteiger partial charge in [0.25, 0.3) is 0 Å². The number of esters is 1. The summed E-state index contributed by atoms with van der Waals surface area (Å²) in [7, 11) is 1.59. The van der Waals surface area contributed by atoms with E-state index in [1.54, 1.807) is 14.0 Å². The van der Waals surface area contributed by atoms with Crippen molar-refractivity contribution < 1.29 is 18.7 Å². The molecule has 5 nitrogen and oxygen atoms in total. The molecule has 1 aliphatic heterocycles. The number of carbonyl (C=O) groups excluding carboxylic acids is 1. The first-order chi connectivity index (χ1) is 10.1. The predicted molar refractivity (Wildman–Crippen MR) is 74.8 cm³/mol. The average molecular weight is 286 g/mol. The van der Waals surface area contributed by atoms with Crippen LogP contribution in [0.4, 0.5) is 0 Å². The number of methoxy groups -OCH3 is 1. The fourth-order valence-electron chi connectivity index (χ4n) is 2.47. The first-order valence-corrected chi connectivity index (χ1v) is 6.57. The van der Waals surface area contributed by atoms with Crippen LogP contribution in [0.5, 0.6) is 11.5 Å². The molecule has 2 aromatic rings. The molecule has 1 aromatic heterocycles. The zero-order valence-corrected chi connectivity index (χ0v) is 11.7. The van der Waals surface area contributed by atoms with Crippen molar-refractivity contribution in [3.05, 3.63) is 57.6 Å². The summed E-state index contributed by atoms with van der Waals surface area (Å²) in [5, 5.41) is 0. The molecule has 0 saturated carbocycles. The summed E-state index contributed by atoms with van der Waals surface area (Å²) >= 11 is 0. The summed E-state index contributed by atoms with van der Waals surface area (Å²) in [6.45, 7) is 1.70. The Morgan fingerprint density at radius 1 is 1.19 bits per heavy atom. The molecule has 0 spiro atoms. The highest BCUT2D eigenvalue weighted by Crippen LogP contribution is 2.37. The number of ether oxygens (including phenoxy) is 2. The van der Waals surface area contributed by atoms with Crippen LogP contribution in [-0.4, -0.2) is 13.1 Å². The molecule has 2 heterocycles. The number of hydrogen-bond donors (Lipinski definition) is 0. The SMILES string of the molecule is COc1ccc(C2CC(=O)Oc3c2oc(C)cc3=O)cc1. The topological polar surface area (TPSA) is 65.7 Å². The Labute approximate surface area is 121 Å². The zero-order valence-electron chi connectivity index (χ0n) is 11.7. The van der Waals surface area contributed by atoms with E-state index in [2.05, 4.69) is 0 Å². The lowest BCUT2D eigenvalue weighted by molar-refractivity contribution is -0.136. The van der Waals surface area contributed by atoms with Crippen LogP contribution in [0.2, 0.25) is 0 Å². The highest BCUT2D eigenvalue weighted by Gasteiger charge is 2.33. The molecule has 21 heavy (non-hydrogen) atoms. The van der Waals surface area contributed by atoms with Gasteiger partial charge in [-0.15, -0.1) is 0 Å². The quantitative estimate of drug-likeness (QED) is 0.793. The Bertz CT molecular complexity index is 742. The van der Waals surface area contributed by atoms with Gasteiger partial charge >= 0.3 is 5.97 Å². The molecule has 108 valence electrons. The highest BCUT2D eigenvalue weighted by atomic mass is 16.5. The maximum atomic E-state index is 12.0. The Morgan fingerprint density at radius 3 is 2.57 bits per heavy atom. The third-order valence-electron chi connectivity index (χ3n) is 3.47. The second-order valence-electron chi connectivity index (χ2n) is 4.92. The normalized spacial score (nSPS) is 17.0. The molecule has 0 N–H and O–H groups in total. The van der Waals surface area contributed by atoms with Gasteiger partial charge in [0, 0.05) is 6.07 Å². The lowest BCUT2D eigenvalue weighted by Gasteiger charge is -2.23. The number of rotatable bonds is 2. The van der Waals surface area contributed by atoms with Crippen LogP contribution in [0.3, 0.4) is 0 Å². The van der Waals surface area contributed by atoms with Crippen LogP contribution >= 0.6 is 0 Å². The lowest BCUT2D eigenvalue weighted by atomic mass is 9.91. The van der Waals surface area contributed by atoms with Crippen molar-refractivity contribution in [2.45, 2.75) is 19.3 Å². The van der Waals surface area contributed by atoms with E-state index in [4.69, 9.17) is 13.9 Å². The molecule has 0 radical (unpaired) electrons. The molecular weight excluding hydrogens is 272 g/mol. The van der Waals surface area contributed by atoms with Crippen molar-refractivity contribution in [3.63, 3.8) is 0 Å². The third-order valence-corrected chi connectivity index (χ3v) is 3.47. The van der Waals surface area contributed by atoms with E-state index >= 15 is 0 Å². The second-order valence-corrected chi connectivity index (χ2v) is 4.92. The van der Waals surface area contributed by atoms with Crippen molar-refractivity contribution in [1.29, 1.82) is 0 Å². The number of aryl methyl sites for hydroxylation is 1. The zero-order chi connectivity index (χ0) is 15.0. The van der Waals surface area contributed by atoms with Crippen molar-refractivity contribution in [3.8, 4) is 11.5 Å². The van der Waals surface area contributed by atoms with Crippen LogP contribution in [-0.2, 0) is 4.79 Å². The van der Waals surface area contributed by atoms with Gasteiger partial charge < -0.3 is 13.9 Å². The van der Waals surface area contributed by atoms with Gasteiger partial charge in [-0.25, -0.2) is 0 Å². The smallest absolute Gasteiger partial charge is 0.312 e. The van der Waals surface area contributed by atoms with Crippen molar-refractivity contribution in [1.82, 2.24) is 0 Å². The van der Waals surface area contributed by atoms with Crippen LogP contribution in [0.1, 0.15) is 29.4 Å². The Hall–Kier alpha value is -2.56. The summed E-state index contributed by atoms with van der Waals surface area (Å²) in [6.07, 6.45) is 0.145. The third kappa shape index (κ3) is 2.42. The highest BCUT2D eigenvalue weighted by molar-refractivity contribution is 5.76. The van der Waals surface area contributed by atoms with Crippen LogP contribution < -0.4 is 14.9 Å². The number of fused-ring (bicyclic) bond motifs is 1. The summed E-state index contributed by atoms with van der Waals surface area (Å²) in [4.78, 5) is 23.7. The van der Waals surface area contributed by atoms with Gasteiger partial charge in [0.2, 0.25) is 11.2 Å². The molecule has 3 rings (SSSR count). The number of hydrogen-bond acceptors (Lipinski definition) is 5. The van der Waals surface area contributed by atoms with Crippen molar-refractivity contribution >= 4 is 5.97 Å². The van der Waals surface area contributed by atoms with E-state index in [9.17, 15) is 9.59 Å². The summed E-state index contributed by atoms with van der Waals surface area (Å²) in [5.74, 6) is 0.875. The van der Waals surface area contributed by atoms with Gasteiger partial charge in [0.05, 0.1) is 19.4 Å². The fraction of sp³-hybridized carbons (Fsp3) is 0.250. The maximum absolute atomic E-state index is 12.0. The van der Waals surface area contributed by atoms with Gasteiger partial charge in [-0.2, -0.15) is 0 Å². The van der Waals surface area contributed by atoms with Crippen LogP contribution in [0.25, 0.3) is 0 Å². The molecule has 1 atom stereocenters. The summed E-state index contributed by atoms with van der Waals surface area (Å²) < 4.78 is 15.8. The number of benzene rings is 1. The molecule has 0 aliphatic carbocycles. The molecular formula is C16H14O5. The minimum atomic E-state index is -0.431. The predicted octanol–water partition coefficient (Wildman–Crippen LogP) is 2.40. The molecule has 0 bridgehead atoms. The van der Waals surface area contributed by atoms with Crippen molar-refractivity contribution in [2.75, 3.05) is 7.11 Å². The molecule has 1 aliphatic rings. The van der Waals surface area contributed by atoms with Crippen LogP contribution in [0, 0.1) is 6.92 Å². The van der Waals surface area contributed by atoms with E-state index < -0.39 is 5.97 Å². The molecule has 0 saturated heterocycles. The van der Waals surface area contributed by atoms with Crippen molar-refractivity contribution in [2.24, 2.45) is 0 Å². The standard InChI is InChI=1S/C16H14O5/c1-9-7-13(17)16-15(20-9)12(8-14(18)21-16)10-3-5-11(19-2)6-4-10/h3-7,12H,8H2,1-2H3. The van der Waals surface area contributed by atoms with Gasteiger partial charge in [0.15, 0.2) is 5.76 Å². The Balaban J connectivity index is 2.11.